The van der Waals surface area contributed by atoms with Crippen LogP contribution in [0.25, 0.3) is 10.9 Å². The zero-order chi connectivity index (χ0) is 14.3. The molecule has 3 rings (SSSR count). The predicted octanol–water partition coefficient (Wildman–Crippen LogP) is 3.66. The third-order valence-electron chi connectivity index (χ3n) is 4.64. The number of H-pyrrole nitrogens is 1. The number of para-hydroxylation sites is 1. The molecule has 1 amide bonds. The van der Waals surface area contributed by atoms with E-state index in [0.717, 1.165) is 48.6 Å². The molecule has 1 aromatic heterocycles. The van der Waals surface area contributed by atoms with Crippen molar-refractivity contribution in [2.24, 2.45) is 5.92 Å². The topological polar surface area (TPSA) is 36.1 Å². The number of nitrogens with zero attached hydrogens (tertiary/aromatic N) is 1. The number of piperidine rings is 1. The third kappa shape index (κ3) is 2.11. The number of rotatable bonds is 1. The molecule has 0 radical (unpaired) electrons. The average molecular weight is 270 g/mol. The molecular formula is C17H22N2O. The van der Waals surface area contributed by atoms with Crippen molar-refractivity contribution in [3.05, 3.63) is 35.0 Å². The van der Waals surface area contributed by atoms with Gasteiger partial charge in [0, 0.05) is 24.2 Å². The van der Waals surface area contributed by atoms with E-state index in [1.165, 1.54) is 10.9 Å². The van der Waals surface area contributed by atoms with Crippen LogP contribution >= 0.6 is 0 Å². The fourth-order valence-electron chi connectivity index (χ4n) is 3.04. The molecule has 1 aromatic carbocycles. The Morgan fingerprint density at radius 1 is 1.25 bits per heavy atom. The first-order valence-electron chi connectivity index (χ1n) is 7.45. The molecule has 0 spiro atoms. The van der Waals surface area contributed by atoms with Gasteiger partial charge in [0.15, 0.2) is 0 Å². The highest BCUT2D eigenvalue weighted by molar-refractivity contribution is 6.06. The van der Waals surface area contributed by atoms with Gasteiger partial charge in [-0.1, -0.05) is 19.1 Å². The van der Waals surface area contributed by atoms with Crippen LogP contribution in [-0.4, -0.2) is 28.9 Å². The summed E-state index contributed by atoms with van der Waals surface area (Å²) in [5, 5.41) is 1.17. The molecule has 0 atom stereocenters. The zero-order valence-electron chi connectivity index (χ0n) is 12.5. The molecule has 0 unspecified atom stereocenters. The standard InChI is InChI=1S/C17H22N2O/c1-11-7-9-19(10-8-11)17(20)15-6-4-5-14-12(2)13(3)18-16(14)15/h4-6,11,18H,7-10H2,1-3H3. The summed E-state index contributed by atoms with van der Waals surface area (Å²) >= 11 is 0. The van der Waals surface area contributed by atoms with E-state index in [0.29, 0.717) is 0 Å². The number of carbonyl (C=O) groups excluding carboxylic acids is 1. The molecule has 3 nitrogen and oxygen atoms in total. The average Bonchev–Trinajstić information content (AvgIpc) is 2.74. The number of benzene rings is 1. The Balaban J connectivity index is 1.97. The lowest BCUT2D eigenvalue weighted by molar-refractivity contribution is 0.0699. The first kappa shape index (κ1) is 13.2. The molecule has 0 saturated carbocycles. The normalized spacial score (nSPS) is 16.9. The largest absolute Gasteiger partial charge is 0.358 e. The molecule has 1 aliphatic heterocycles. The van der Waals surface area contributed by atoms with Gasteiger partial charge in [-0.2, -0.15) is 0 Å². The zero-order valence-corrected chi connectivity index (χ0v) is 12.5. The molecule has 1 aliphatic rings. The summed E-state index contributed by atoms with van der Waals surface area (Å²) in [5.41, 5.74) is 4.19. The number of amides is 1. The van der Waals surface area contributed by atoms with Crippen molar-refractivity contribution in [3.8, 4) is 0 Å². The van der Waals surface area contributed by atoms with Crippen LogP contribution < -0.4 is 0 Å². The molecule has 0 bridgehead atoms. The minimum atomic E-state index is 0.170. The molecule has 0 aliphatic carbocycles. The number of likely N-dealkylation sites (tertiary alicyclic amines) is 1. The number of fused-ring (bicyclic) bond motifs is 1. The van der Waals surface area contributed by atoms with Crippen LogP contribution in [0, 0.1) is 19.8 Å². The molecule has 106 valence electrons. The van der Waals surface area contributed by atoms with E-state index in [4.69, 9.17) is 0 Å². The van der Waals surface area contributed by atoms with Gasteiger partial charge in [0.1, 0.15) is 0 Å². The Kier molecular flexibility index (Phi) is 3.28. The van der Waals surface area contributed by atoms with Crippen molar-refractivity contribution in [2.45, 2.75) is 33.6 Å². The highest BCUT2D eigenvalue weighted by Gasteiger charge is 2.23. The van der Waals surface area contributed by atoms with Crippen molar-refractivity contribution in [1.29, 1.82) is 0 Å². The van der Waals surface area contributed by atoms with E-state index in [-0.39, 0.29) is 5.91 Å². The van der Waals surface area contributed by atoms with Gasteiger partial charge >= 0.3 is 0 Å². The van der Waals surface area contributed by atoms with Crippen molar-refractivity contribution in [2.75, 3.05) is 13.1 Å². The molecular weight excluding hydrogens is 248 g/mol. The third-order valence-corrected chi connectivity index (χ3v) is 4.64. The van der Waals surface area contributed by atoms with Crippen LogP contribution in [0.4, 0.5) is 0 Å². The van der Waals surface area contributed by atoms with Gasteiger partial charge in [0.25, 0.3) is 5.91 Å². The van der Waals surface area contributed by atoms with Gasteiger partial charge in [-0.25, -0.2) is 0 Å². The van der Waals surface area contributed by atoms with Crippen LogP contribution in [0.2, 0.25) is 0 Å². The van der Waals surface area contributed by atoms with Gasteiger partial charge in [0.2, 0.25) is 0 Å². The minimum Gasteiger partial charge on any atom is -0.358 e. The van der Waals surface area contributed by atoms with Crippen LogP contribution in [0.5, 0.6) is 0 Å². The fourth-order valence-corrected chi connectivity index (χ4v) is 3.04. The van der Waals surface area contributed by atoms with Crippen molar-refractivity contribution in [1.82, 2.24) is 9.88 Å². The maximum Gasteiger partial charge on any atom is 0.255 e. The Morgan fingerprint density at radius 3 is 2.65 bits per heavy atom. The first-order chi connectivity index (χ1) is 9.58. The predicted molar refractivity (Wildman–Crippen MR) is 82.1 cm³/mol. The van der Waals surface area contributed by atoms with E-state index in [2.05, 4.69) is 31.8 Å². The van der Waals surface area contributed by atoms with Gasteiger partial charge < -0.3 is 9.88 Å². The van der Waals surface area contributed by atoms with Gasteiger partial charge in [-0.05, 0) is 44.2 Å². The number of hydrogen-bond donors (Lipinski definition) is 1. The number of carbonyl (C=O) groups is 1. The van der Waals surface area contributed by atoms with Crippen LogP contribution in [-0.2, 0) is 0 Å². The highest BCUT2D eigenvalue weighted by atomic mass is 16.2. The van der Waals surface area contributed by atoms with Crippen molar-refractivity contribution in [3.63, 3.8) is 0 Å². The second-order valence-corrected chi connectivity index (χ2v) is 6.08. The lowest BCUT2D eigenvalue weighted by Crippen LogP contribution is -2.38. The fraction of sp³-hybridized carbons (Fsp3) is 0.471. The number of nitrogens with one attached hydrogen (secondary N) is 1. The number of aromatic nitrogens is 1. The summed E-state index contributed by atoms with van der Waals surface area (Å²) in [4.78, 5) is 18.1. The molecule has 20 heavy (non-hydrogen) atoms. The first-order valence-corrected chi connectivity index (χ1v) is 7.45. The van der Waals surface area contributed by atoms with Gasteiger partial charge in [-0.3, -0.25) is 4.79 Å². The minimum absolute atomic E-state index is 0.170. The smallest absolute Gasteiger partial charge is 0.255 e. The molecule has 2 aromatic rings. The maximum absolute atomic E-state index is 12.7. The second-order valence-electron chi connectivity index (χ2n) is 6.08. The van der Waals surface area contributed by atoms with E-state index < -0.39 is 0 Å². The van der Waals surface area contributed by atoms with Gasteiger partial charge in [0.05, 0.1) is 11.1 Å². The maximum atomic E-state index is 12.7. The lowest BCUT2D eigenvalue weighted by Gasteiger charge is -2.30. The van der Waals surface area contributed by atoms with E-state index >= 15 is 0 Å². The Hall–Kier alpha value is -1.77. The summed E-state index contributed by atoms with van der Waals surface area (Å²) in [6, 6.07) is 6.02. The van der Waals surface area contributed by atoms with Gasteiger partial charge in [-0.15, -0.1) is 0 Å². The summed E-state index contributed by atoms with van der Waals surface area (Å²) in [6.45, 7) is 8.20. The summed E-state index contributed by atoms with van der Waals surface area (Å²) in [6.07, 6.45) is 2.23. The quantitative estimate of drug-likeness (QED) is 0.843. The van der Waals surface area contributed by atoms with E-state index in [1.807, 2.05) is 17.0 Å². The Morgan fingerprint density at radius 2 is 1.95 bits per heavy atom. The lowest BCUT2D eigenvalue weighted by atomic mass is 9.98. The molecule has 3 heteroatoms. The molecule has 1 fully saturated rings. The van der Waals surface area contributed by atoms with E-state index in [1.54, 1.807) is 0 Å². The summed E-state index contributed by atoms with van der Waals surface area (Å²) in [7, 11) is 0. The Labute approximate surface area is 120 Å². The SMILES string of the molecule is Cc1[nH]c2c(C(=O)N3CCC(C)CC3)cccc2c1C. The molecule has 1 saturated heterocycles. The molecule has 2 heterocycles. The highest BCUT2D eigenvalue weighted by Crippen LogP contribution is 2.26. The molecule has 1 N–H and O–H groups in total. The van der Waals surface area contributed by atoms with Crippen molar-refractivity contribution >= 4 is 16.8 Å². The summed E-state index contributed by atoms with van der Waals surface area (Å²) < 4.78 is 0. The number of hydrogen-bond acceptors (Lipinski definition) is 1. The van der Waals surface area contributed by atoms with Crippen LogP contribution in [0.3, 0.4) is 0 Å². The van der Waals surface area contributed by atoms with Crippen LogP contribution in [0.15, 0.2) is 18.2 Å². The summed E-state index contributed by atoms with van der Waals surface area (Å²) in [5.74, 6) is 0.911. The Bertz CT molecular complexity index is 648. The van der Waals surface area contributed by atoms with Crippen LogP contribution in [0.1, 0.15) is 41.4 Å². The number of aryl methyl sites for hydroxylation is 2. The van der Waals surface area contributed by atoms with E-state index in [9.17, 15) is 4.79 Å². The second kappa shape index (κ2) is 4.97. The number of aromatic amines is 1. The monoisotopic (exact) mass is 270 g/mol. The van der Waals surface area contributed by atoms with Crippen molar-refractivity contribution < 1.29 is 4.79 Å².